The van der Waals surface area contributed by atoms with Crippen molar-refractivity contribution in [3.05, 3.63) is 66.4 Å². The molecule has 0 saturated carbocycles. The first-order valence-corrected chi connectivity index (χ1v) is 6.30. The molecule has 0 bridgehead atoms. The van der Waals surface area contributed by atoms with E-state index in [1.54, 1.807) is 24.3 Å². The van der Waals surface area contributed by atoms with Crippen LogP contribution in [0.4, 0.5) is 13.2 Å². The molecular formula is C15H12F3NS. The second-order valence-electron chi connectivity index (χ2n) is 4.10. The Labute approximate surface area is 119 Å². The molecule has 0 atom stereocenters. The predicted molar refractivity (Wildman–Crippen MR) is 77.0 cm³/mol. The molecule has 3 aromatic rings. The van der Waals surface area contributed by atoms with E-state index in [0.29, 0.717) is 10.9 Å². The Bertz CT molecular complexity index is 641. The van der Waals surface area contributed by atoms with Gasteiger partial charge in [0.1, 0.15) is 5.69 Å². The van der Waals surface area contributed by atoms with Gasteiger partial charge in [-0.25, -0.2) is 0 Å². The monoisotopic (exact) mass is 295 g/mol. The topological polar surface area (TPSA) is 15.8 Å². The van der Waals surface area contributed by atoms with E-state index in [9.17, 15) is 13.2 Å². The minimum absolute atomic E-state index is 0.509. The van der Waals surface area contributed by atoms with E-state index in [1.807, 2.05) is 30.3 Å². The maximum atomic E-state index is 12.2. The average molecular weight is 295 g/mol. The number of rotatable bonds is 0. The molecule has 1 nitrogen and oxygen atoms in total. The fraction of sp³-hybridized carbons (Fsp3) is 0.0667. The normalized spacial score (nSPS) is 11.0. The van der Waals surface area contributed by atoms with E-state index in [1.165, 1.54) is 0 Å². The summed E-state index contributed by atoms with van der Waals surface area (Å²) in [5, 5.41) is 0.579. The van der Waals surface area contributed by atoms with Crippen LogP contribution in [0.2, 0.25) is 0 Å². The summed E-state index contributed by atoms with van der Waals surface area (Å²) < 4.78 is 36.6. The van der Waals surface area contributed by atoms with Crippen molar-refractivity contribution in [2.24, 2.45) is 0 Å². The molecule has 0 radical (unpaired) electrons. The third kappa shape index (κ3) is 3.81. The zero-order valence-electron chi connectivity index (χ0n) is 10.4. The molecule has 0 fully saturated rings. The van der Waals surface area contributed by atoms with Gasteiger partial charge >= 0.3 is 6.18 Å². The molecule has 0 aliphatic heterocycles. The quantitative estimate of drug-likeness (QED) is 0.533. The van der Waals surface area contributed by atoms with Crippen LogP contribution in [0.15, 0.2) is 65.6 Å². The van der Waals surface area contributed by atoms with Crippen molar-refractivity contribution in [2.75, 3.05) is 0 Å². The van der Waals surface area contributed by atoms with E-state index in [-0.39, 0.29) is 0 Å². The molecule has 1 N–H and O–H groups in total. The number of thiol groups is 1. The van der Waals surface area contributed by atoms with Crippen LogP contribution in [0.5, 0.6) is 0 Å². The van der Waals surface area contributed by atoms with E-state index in [4.69, 9.17) is 0 Å². The first-order valence-electron chi connectivity index (χ1n) is 5.86. The molecule has 5 heteroatoms. The second kappa shape index (κ2) is 6.05. The fourth-order valence-electron chi connectivity index (χ4n) is 1.65. The first kappa shape index (κ1) is 14.5. The summed E-state index contributed by atoms with van der Waals surface area (Å²) in [6, 6.07) is 17.5. The second-order valence-corrected chi connectivity index (χ2v) is 4.62. The number of halogens is 3. The molecule has 2 aromatic carbocycles. The van der Waals surface area contributed by atoms with Gasteiger partial charge in [0.05, 0.1) is 0 Å². The molecule has 0 unspecified atom stereocenters. The van der Waals surface area contributed by atoms with E-state index in [2.05, 4.69) is 17.6 Å². The van der Waals surface area contributed by atoms with Crippen molar-refractivity contribution in [3.63, 3.8) is 0 Å². The number of fused-ring (bicyclic) bond motifs is 1. The zero-order valence-corrected chi connectivity index (χ0v) is 11.2. The van der Waals surface area contributed by atoms with Crippen LogP contribution in [0.1, 0.15) is 5.69 Å². The number of nitrogens with one attached hydrogen (secondary N) is 1. The van der Waals surface area contributed by atoms with E-state index in [0.717, 1.165) is 11.0 Å². The molecule has 0 saturated heterocycles. The van der Waals surface area contributed by atoms with Crippen LogP contribution < -0.4 is 0 Å². The summed E-state index contributed by atoms with van der Waals surface area (Å²) in [6.07, 6.45) is -4.29. The molecule has 3 rings (SSSR count). The van der Waals surface area contributed by atoms with Crippen LogP contribution >= 0.6 is 12.6 Å². The lowest BCUT2D eigenvalue weighted by atomic mass is 10.2. The zero-order chi connectivity index (χ0) is 14.6. The Hall–Kier alpha value is -1.88. The van der Waals surface area contributed by atoms with Gasteiger partial charge in [-0.2, -0.15) is 13.2 Å². The molecular weight excluding hydrogens is 283 g/mol. The van der Waals surface area contributed by atoms with Crippen LogP contribution in [0.25, 0.3) is 10.9 Å². The molecule has 104 valence electrons. The minimum Gasteiger partial charge on any atom is -0.351 e. The predicted octanol–water partition coefficient (Wildman–Crippen LogP) is 5.16. The lowest BCUT2D eigenvalue weighted by Gasteiger charge is -2.00. The van der Waals surface area contributed by atoms with Gasteiger partial charge in [-0.05, 0) is 29.7 Å². The molecule has 0 aliphatic rings. The highest BCUT2D eigenvalue weighted by molar-refractivity contribution is 7.80. The molecule has 1 heterocycles. The lowest BCUT2D eigenvalue weighted by molar-refractivity contribution is -0.140. The van der Waals surface area contributed by atoms with Gasteiger partial charge in [-0.1, -0.05) is 36.4 Å². The fourth-order valence-corrected chi connectivity index (χ4v) is 1.83. The number of aromatic nitrogens is 1. The Morgan fingerprint density at radius 3 is 1.95 bits per heavy atom. The third-order valence-corrected chi connectivity index (χ3v) is 2.89. The van der Waals surface area contributed by atoms with Crippen molar-refractivity contribution >= 4 is 23.5 Å². The molecule has 0 spiro atoms. The maximum absolute atomic E-state index is 12.2. The average Bonchev–Trinajstić information content (AvgIpc) is 2.84. The Morgan fingerprint density at radius 2 is 1.45 bits per heavy atom. The van der Waals surface area contributed by atoms with Crippen LogP contribution in [0, 0.1) is 0 Å². The third-order valence-electron chi connectivity index (χ3n) is 2.59. The Balaban J connectivity index is 0.000000178. The number of hydrogen-bond donors (Lipinski definition) is 2. The van der Waals surface area contributed by atoms with Crippen LogP contribution in [-0.2, 0) is 6.18 Å². The Morgan fingerprint density at radius 1 is 0.850 bits per heavy atom. The number of H-pyrrole nitrogens is 1. The summed E-state index contributed by atoms with van der Waals surface area (Å²) in [6.45, 7) is 0. The number of hydrogen-bond acceptors (Lipinski definition) is 1. The van der Waals surface area contributed by atoms with Crippen LogP contribution in [0.3, 0.4) is 0 Å². The molecule has 0 aliphatic carbocycles. The SMILES string of the molecule is FC(F)(F)c1cc2ccccc2[nH]1.Sc1ccccc1. The number of benzene rings is 2. The molecule has 1 aromatic heterocycles. The number of para-hydroxylation sites is 1. The summed E-state index contributed by atoms with van der Waals surface area (Å²) in [5.74, 6) is 0. The van der Waals surface area contributed by atoms with Crippen molar-refractivity contribution in [1.29, 1.82) is 0 Å². The van der Waals surface area contributed by atoms with Gasteiger partial charge in [-0.3, -0.25) is 0 Å². The van der Waals surface area contributed by atoms with Gasteiger partial charge in [-0.15, -0.1) is 12.6 Å². The number of aromatic amines is 1. The van der Waals surface area contributed by atoms with Crippen molar-refractivity contribution in [3.8, 4) is 0 Å². The highest BCUT2D eigenvalue weighted by Crippen LogP contribution is 2.30. The van der Waals surface area contributed by atoms with Gasteiger partial charge in [0.15, 0.2) is 0 Å². The largest absolute Gasteiger partial charge is 0.431 e. The first-order chi connectivity index (χ1) is 9.47. The maximum Gasteiger partial charge on any atom is 0.431 e. The highest BCUT2D eigenvalue weighted by Gasteiger charge is 2.32. The van der Waals surface area contributed by atoms with Crippen molar-refractivity contribution < 1.29 is 13.2 Å². The molecule has 20 heavy (non-hydrogen) atoms. The Kier molecular flexibility index (Phi) is 4.39. The lowest BCUT2D eigenvalue weighted by Crippen LogP contribution is -2.04. The standard InChI is InChI=1S/C9H6F3N.C6H6S/c10-9(11,12)8-5-6-3-1-2-4-7(6)13-8;7-6-4-2-1-3-5-6/h1-5,13H;1-5,7H. The smallest absolute Gasteiger partial charge is 0.351 e. The van der Waals surface area contributed by atoms with Gasteiger partial charge in [0.2, 0.25) is 0 Å². The summed E-state index contributed by atoms with van der Waals surface area (Å²) in [5.41, 5.74) is -0.191. The summed E-state index contributed by atoms with van der Waals surface area (Å²) in [4.78, 5) is 3.33. The van der Waals surface area contributed by atoms with Crippen molar-refractivity contribution in [1.82, 2.24) is 4.98 Å². The van der Waals surface area contributed by atoms with E-state index >= 15 is 0 Å². The van der Waals surface area contributed by atoms with Gasteiger partial charge < -0.3 is 4.98 Å². The summed E-state index contributed by atoms with van der Waals surface area (Å²) in [7, 11) is 0. The van der Waals surface area contributed by atoms with Gasteiger partial charge in [0, 0.05) is 10.4 Å². The van der Waals surface area contributed by atoms with E-state index < -0.39 is 11.9 Å². The minimum atomic E-state index is -4.29. The number of alkyl halides is 3. The summed E-state index contributed by atoms with van der Waals surface area (Å²) >= 11 is 4.08. The van der Waals surface area contributed by atoms with Crippen LogP contribution in [-0.4, -0.2) is 4.98 Å². The van der Waals surface area contributed by atoms with Crippen molar-refractivity contribution in [2.45, 2.75) is 11.1 Å². The van der Waals surface area contributed by atoms with Gasteiger partial charge in [0.25, 0.3) is 0 Å². The highest BCUT2D eigenvalue weighted by atomic mass is 32.1. The molecule has 0 amide bonds.